The van der Waals surface area contributed by atoms with Gasteiger partial charge in [0, 0.05) is 18.0 Å². The largest absolute Gasteiger partial charge is 0.448 e. The average Bonchev–Trinajstić information content (AvgIpc) is 2.94. The zero-order chi connectivity index (χ0) is 13.7. The van der Waals surface area contributed by atoms with Crippen LogP contribution in [0.4, 0.5) is 4.79 Å². The summed E-state index contributed by atoms with van der Waals surface area (Å²) in [7, 11) is 0. The van der Waals surface area contributed by atoms with Crippen molar-refractivity contribution in [3.8, 4) is 0 Å². The van der Waals surface area contributed by atoms with E-state index >= 15 is 0 Å². The van der Waals surface area contributed by atoms with Gasteiger partial charge in [-0.3, -0.25) is 4.79 Å². The second kappa shape index (κ2) is 6.77. The third kappa shape index (κ3) is 4.40. The number of cyclic esters (lactones) is 1. The summed E-state index contributed by atoms with van der Waals surface area (Å²) in [5.74, 6) is -0.0254. The average molecular weight is 303 g/mol. The number of carbonyl (C=O) groups excluding carboxylic acids is 2. The highest BCUT2D eigenvalue weighted by Gasteiger charge is 2.20. The van der Waals surface area contributed by atoms with E-state index in [2.05, 4.69) is 5.32 Å². The topological polar surface area (TPSA) is 58.6 Å². The third-order valence-electron chi connectivity index (χ3n) is 2.74. The summed E-state index contributed by atoms with van der Waals surface area (Å²) in [6, 6.07) is 3.64. The Morgan fingerprint density at radius 1 is 1.53 bits per heavy atom. The van der Waals surface area contributed by atoms with Crippen molar-refractivity contribution >= 4 is 34.9 Å². The van der Waals surface area contributed by atoms with Crippen LogP contribution in [0, 0.1) is 0 Å². The Balaban J connectivity index is 1.60. The van der Waals surface area contributed by atoms with Crippen molar-refractivity contribution in [1.29, 1.82) is 0 Å². The lowest BCUT2D eigenvalue weighted by Crippen LogP contribution is -2.31. The van der Waals surface area contributed by atoms with Gasteiger partial charge in [0.1, 0.15) is 6.61 Å². The predicted octanol–water partition coefficient (Wildman–Crippen LogP) is 1.90. The van der Waals surface area contributed by atoms with Gasteiger partial charge in [-0.25, -0.2) is 4.79 Å². The lowest BCUT2D eigenvalue weighted by atomic mass is 10.3. The number of rotatable bonds is 6. The van der Waals surface area contributed by atoms with Gasteiger partial charge in [-0.05, 0) is 18.6 Å². The van der Waals surface area contributed by atoms with Crippen LogP contribution in [-0.4, -0.2) is 43.1 Å². The summed E-state index contributed by atoms with van der Waals surface area (Å²) >= 11 is 7.21. The number of halogens is 1. The molecule has 0 atom stereocenters. The first-order chi connectivity index (χ1) is 9.15. The molecule has 2 amide bonds. The Kier molecular flexibility index (Phi) is 5.04. The Morgan fingerprint density at radius 2 is 2.37 bits per heavy atom. The molecule has 0 unspecified atom stereocenters. The zero-order valence-corrected chi connectivity index (χ0v) is 11.9. The van der Waals surface area contributed by atoms with Gasteiger partial charge in [0.25, 0.3) is 0 Å². The molecule has 19 heavy (non-hydrogen) atoms. The van der Waals surface area contributed by atoms with Crippen LogP contribution in [0.5, 0.6) is 0 Å². The number of amides is 2. The highest BCUT2D eigenvalue weighted by molar-refractivity contribution is 7.16. The first-order valence-electron chi connectivity index (χ1n) is 6.08. The van der Waals surface area contributed by atoms with Crippen LogP contribution < -0.4 is 5.32 Å². The van der Waals surface area contributed by atoms with Crippen molar-refractivity contribution in [2.45, 2.75) is 12.8 Å². The van der Waals surface area contributed by atoms with Gasteiger partial charge in [-0.1, -0.05) is 11.6 Å². The number of thiophene rings is 1. The summed E-state index contributed by atoms with van der Waals surface area (Å²) in [5, 5.41) is 2.83. The SMILES string of the molecule is O=C(Cc1ccc(Cl)s1)NCCCN1CCOC1=O. The van der Waals surface area contributed by atoms with Crippen LogP contribution in [0.3, 0.4) is 0 Å². The molecular formula is C12H15ClN2O3S. The molecule has 0 bridgehead atoms. The standard InChI is InChI=1S/C12H15ClN2O3S/c13-10-3-2-9(19-10)8-11(16)14-4-1-5-15-6-7-18-12(15)17/h2-3H,1,4-8H2,(H,14,16). The molecule has 0 radical (unpaired) electrons. The van der Waals surface area contributed by atoms with Crippen LogP contribution in [0.1, 0.15) is 11.3 Å². The molecule has 0 aliphatic carbocycles. The van der Waals surface area contributed by atoms with Crippen LogP contribution in [0.25, 0.3) is 0 Å². The maximum Gasteiger partial charge on any atom is 0.409 e. The number of hydrogen-bond donors (Lipinski definition) is 1. The molecule has 7 heteroatoms. The maximum absolute atomic E-state index is 11.6. The van der Waals surface area contributed by atoms with E-state index in [1.807, 2.05) is 6.07 Å². The van der Waals surface area contributed by atoms with E-state index in [1.54, 1.807) is 11.0 Å². The van der Waals surface area contributed by atoms with E-state index in [-0.39, 0.29) is 12.0 Å². The van der Waals surface area contributed by atoms with Crippen LogP contribution in [0.2, 0.25) is 4.34 Å². The highest BCUT2D eigenvalue weighted by atomic mass is 35.5. The van der Waals surface area contributed by atoms with Crippen molar-refractivity contribution in [3.63, 3.8) is 0 Å². The Morgan fingerprint density at radius 3 is 3.00 bits per heavy atom. The van der Waals surface area contributed by atoms with Gasteiger partial charge in [0.15, 0.2) is 0 Å². The van der Waals surface area contributed by atoms with Crippen LogP contribution in [0.15, 0.2) is 12.1 Å². The van der Waals surface area contributed by atoms with Gasteiger partial charge in [-0.2, -0.15) is 0 Å². The Labute approximate surface area is 120 Å². The normalized spacial score (nSPS) is 14.6. The van der Waals surface area contributed by atoms with Gasteiger partial charge in [0.2, 0.25) is 5.91 Å². The van der Waals surface area contributed by atoms with E-state index in [0.29, 0.717) is 37.0 Å². The molecule has 1 aliphatic heterocycles. The number of ether oxygens (including phenoxy) is 1. The fourth-order valence-electron chi connectivity index (χ4n) is 1.79. The van der Waals surface area contributed by atoms with Crippen molar-refractivity contribution in [1.82, 2.24) is 10.2 Å². The summed E-state index contributed by atoms with van der Waals surface area (Å²) in [5.41, 5.74) is 0. The predicted molar refractivity (Wildman–Crippen MR) is 73.6 cm³/mol. The van der Waals surface area contributed by atoms with Crippen molar-refractivity contribution < 1.29 is 14.3 Å². The van der Waals surface area contributed by atoms with Gasteiger partial charge < -0.3 is 15.0 Å². The molecule has 1 aliphatic rings. The van der Waals surface area contributed by atoms with Crippen molar-refractivity contribution in [2.24, 2.45) is 0 Å². The molecule has 1 aromatic rings. The molecule has 2 rings (SSSR count). The summed E-state index contributed by atoms with van der Waals surface area (Å²) in [4.78, 5) is 25.4. The van der Waals surface area contributed by atoms with E-state index < -0.39 is 0 Å². The first-order valence-corrected chi connectivity index (χ1v) is 7.27. The van der Waals surface area contributed by atoms with Gasteiger partial charge >= 0.3 is 6.09 Å². The van der Waals surface area contributed by atoms with E-state index in [0.717, 1.165) is 11.3 Å². The molecule has 1 aromatic heterocycles. The van der Waals surface area contributed by atoms with Crippen molar-refractivity contribution in [2.75, 3.05) is 26.2 Å². The zero-order valence-electron chi connectivity index (χ0n) is 10.4. The quantitative estimate of drug-likeness (QED) is 0.817. The second-order valence-electron chi connectivity index (χ2n) is 4.19. The monoisotopic (exact) mass is 302 g/mol. The minimum atomic E-state index is -0.264. The maximum atomic E-state index is 11.6. The number of hydrogen-bond acceptors (Lipinski definition) is 4. The van der Waals surface area contributed by atoms with Crippen LogP contribution >= 0.6 is 22.9 Å². The highest BCUT2D eigenvalue weighted by Crippen LogP contribution is 2.21. The number of nitrogens with zero attached hydrogens (tertiary/aromatic N) is 1. The fraction of sp³-hybridized carbons (Fsp3) is 0.500. The van der Waals surface area contributed by atoms with Gasteiger partial charge in [-0.15, -0.1) is 11.3 Å². The molecule has 5 nitrogen and oxygen atoms in total. The first kappa shape index (κ1) is 14.1. The Bertz CT molecular complexity index is 464. The summed E-state index contributed by atoms with van der Waals surface area (Å²) in [6.07, 6.45) is 0.814. The molecule has 1 fully saturated rings. The molecule has 0 spiro atoms. The molecule has 1 N–H and O–H groups in total. The molecule has 104 valence electrons. The van der Waals surface area contributed by atoms with Crippen molar-refractivity contribution in [3.05, 3.63) is 21.3 Å². The fourth-order valence-corrected chi connectivity index (χ4v) is 2.88. The van der Waals surface area contributed by atoms with E-state index in [4.69, 9.17) is 16.3 Å². The molecule has 1 saturated heterocycles. The number of nitrogens with one attached hydrogen (secondary N) is 1. The number of carbonyl (C=O) groups is 2. The second-order valence-corrected chi connectivity index (χ2v) is 5.99. The lowest BCUT2D eigenvalue weighted by Gasteiger charge is -2.12. The molecule has 0 saturated carbocycles. The molecular weight excluding hydrogens is 288 g/mol. The Hall–Kier alpha value is -1.27. The summed E-state index contributed by atoms with van der Waals surface area (Å²) in [6.45, 7) is 2.27. The minimum Gasteiger partial charge on any atom is -0.448 e. The van der Waals surface area contributed by atoms with E-state index in [1.165, 1.54) is 11.3 Å². The van der Waals surface area contributed by atoms with E-state index in [9.17, 15) is 9.59 Å². The summed E-state index contributed by atoms with van der Waals surface area (Å²) < 4.78 is 5.50. The third-order valence-corrected chi connectivity index (χ3v) is 3.97. The van der Waals surface area contributed by atoms with Crippen LogP contribution in [-0.2, 0) is 16.0 Å². The minimum absolute atomic E-state index is 0.0254. The van der Waals surface area contributed by atoms with Gasteiger partial charge in [0.05, 0.1) is 17.3 Å². The lowest BCUT2D eigenvalue weighted by molar-refractivity contribution is -0.120. The smallest absolute Gasteiger partial charge is 0.409 e. The molecule has 0 aromatic carbocycles. The molecule has 2 heterocycles.